The van der Waals surface area contributed by atoms with Gasteiger partial charge in [0.05, 0.1) is 25.0 Å². The SMILES string of the molecule is Cc1nc2cc(-c3ccc(C(=O)NS(=O)(=O)c4ccc(NCC56CCC7CC(CC7C5)C6)c([N+](=O)[O-])c4)cc3)ccc2s1. The number of hydrogen-bond acceptors (Lipinski definition) is 8. The number of benzene rings is 3. The standard InChI is InChI=1S/C32H32N4O5S2/c1-19-34-28-14-23(6-9-30(28)42-19)21-2-4-22(5-3-21)31(37)35-43(40,41)26-7-8-27(29(15-26)36(38)39)33-18-32-11-10-24-12-20(16-32)13-25(24)17-32/h2-9,14-15,20,24-25,33H,10-13,16-18H2,1H3,(H,35,37). The molecule has 11 heteroatoms. The first-order chi connectivity index (χ1) is 20.6. The fourth-order valence-corrected chi connectivity index (χ4v) is 9.63. The van der Waals surface area contributed by atoms with Gasteiger partial charge in [0.1, 0.15) is 5.69 Å². The van der Waals surface area contributed by atoms with Crippen molar-refractivity contribution >= 4 is 48.9 Å². The van der Waals surface area contributed by atoms with Gasteiger partial charge in [0.25, 0.3) is 21.6 Å². The molecular weight excluding hydrogens is 585 g/mol. The van der Waals surface area contributed by atoms with E-state index in [4.69, 9.17) is 0 Å². The van der Waals surface area contributed by atoms with Gasteiger partial charge in [-0.1, -0.05) is 18.2 Å². The average Bonchev–Trinajstić information content (AvgIpc) is 3.46. The molecule has 222 valence electrons. The van der Waals surface area contributed by atoms with Gasteiger partial charge in [0.2, 0.25) is 0 Å². The molecule has 3 bridgehead atoms. The lowest BCUT2D eigenvalue weighted by atomic mass is 9.62. The average molecular weight is 617 g/mol. The highest BCUT2D eigenvalue weighted by Gasteiger charge is 2.51. The number of aryl methyl sites for hydroxylation is 1. The van der Waals surface area contributed by atoms with Crippen LogP contribution in [0.3, 0.4) is 0 Å². The number of nitro groups is 1. The molecule has 7 rings (SSSR count). The number of nitro benzene ring substituents is 1. The van der Waals surface area contributed by atoms with E-state index in [1.807, 2.05) is 25.1 Å². The summed E-state index contributed by atoms with van der Waals surface area (Å²) in [4.78, 5) is 28.5. The number of nitrogens with one attached hydrogen (secondary N) is 2. The van der Waals surface area contributed by atoms with Gasteiger partial charge in [-0.05, 0) is 116 Å². The van der Waals surface area contributed by atoms with Crippen LogP contribution in [0.25, 0.3) is 21.3 Å². The fourth-order valence-electron chi connectivity index (χ4n) is 7.83. The van der Waals surface area contributed by atoms with Gasteiger partial charge in [-0.2, -0.15) is 0 Å². The van der Waals surface area contributed by atoms with Crippen molar-refractivity contribution in [2.24, 2.45) is 23.2 Å². The van der Waals surface area contributed by atoms with Crippen molar-refractivity contribution in [3.05, 3.63) is 81.3 Å². The quantitative estimate of drug-likeness (QED) is 0.162. The number of hydrogen-bond donors (Lipinski definition) is 2. The Morgan fingerprint density at radius 2 is 1.81 bits per heavy atom. The van der Waals surface area contributed by atoms with Crippen LogP contribution in [0.15, 0.2) is 65.6 Å². The van der Waals surface area contributed by atoms with E-state index >= 15 is 0 Å². The third-order valence-corrected chi connectivity index (χ3v) is 12.0. The number of carbonyl (C=O) groups is 1. The summed E-state index contributed by atoms with van der Waals surface area (Å²) < 4.78 is 29.4. The van der Waals surface area contributed by atoms with E-state index in [0.717, 1.165) is 69.4 Å². The molecule has 43 heavy (non-hydrogen) atoms. The highest BCUT2D eigenvalue weighted by molar-refractivity contribution is 7.90. The molecular formula is C32H32N4O5S2. The molecule has 1 aromatic heterocycles. The Morgan fingerprint density at radius 3 is 2.60 bits per heavy atom. The monoisotopic (exact) mass is 616 g/mol. The Balaban J connectivity index is 1.05. The van der Waals surface area contributed by atoms with E-state index in [2.05, 4.69) is 15.0 Å². The van der Waals surface area contributed by atoms with Crippen molar-refractivity contribution in [2.45, 2.75) is 50.3 Å². The minimum Gasteiger partial charge on any atom is -0.379 e. The molecule has 3 aliphatic carbocycles. The Morgan fingerprint density at radius 1 is 1.05 bits per heavy atom. The number of rotatable bonds is 8. The van der Waals surface area contributed by atoms with Crippen LogP contribution in [0.1, 0.15) is 53.9 Å². The summed E-state index contributed by atoms with van der Waals surface area (Å²) in [5.41, 5.74) is 2.97. The zero-order valence-corrected chi connectivity index (χ0v) is 25.3. The second-order valence-electron chi connectivity index (χ2n) is 12.5. The van der Waals surface area contributed by atoms with Gasteiger partial charge in [-0.15, -0.1) is 11.3 Å². The van der Waals surface area contributed by atoms with Crippen molar-refractivity contribution in [2.75, 3.05) is 11.9 Å². The van der Waals surface area contributed by atoms with Crippen LogP contribution < -0.4 is 10.0 Å². The van der Waals surface area contributed by atoms with Crippen LogP contribution in [-0.4, -0.2) is 30.8 Å². The van der Waals surface area contributed by atoms with E-state index in [9.17, 15) is 23.3 Å². The minimum absolute atomic E-state index is 0.148. The Bertz CT molecular complexity index is 1870. The predicted molar refractivity (Wildman–Crippen MR) is 167 cm³/mol. The number of nitrogens with zero attached hydrogens (tertiary/aromatic N) is 2. The number of amides is 1. The first kappa shape index (κ1) is 28.0. The normalized spacial score (nSPS) is 24.3. The molecule has 4 aromatic rings. The molecule has 3 aromatic carbocycles. The van der Waals surface area contributed by atoms with Crippen LogP contribution in [-0.2, 0) is 10.0 Å². The molecule has 4 unspecified atom stereocenters. The maximum Gasteiger partial charge on any atom is 0.293 e. The third-order valence-electron chi connectivity index (χ3n) is 9.73. The van der Waals surface area contributed by atoms with Crippen LogP contribution in [0.5, 0.6) is 0 Å². The summed E-state index contributed by atoms with van der Waals surface area (Å²) in [5, 5.41) is 16.2. The van der Waals surface area contributed by atoms with Gasteiger partial charge < -0.3 is 5.32 Å². The molecule has 3 saturated carbocycles. The Hall–Kier alpha value is -3.83. The van der Waals surface area contributed by atoms with Gasteiger partial charge in [0, 0.05) is 18.2 Å². The van der Waals surface area contributed by atoms with E-state index in [-0.39, 0.29) is 21.6 Å². The second kappa shape index (κ2) is 10.4. The molecule has 4 atom stereocenters. The minimum atomic E-state index is -4.36. The van der Waals surface area contributed by atoms with Crippen molar-refractivity contribution in [1.29, 1.82) is 0 Å². The van der Waals surface area contributed by atoms with Gasteiger partial charge in [-0.3, -0.25) is 14.9 Å². The second-order valence-corrected chi connectivity index (χ2v) is 15.4. The van der Waals surface area contributed by atoms with E-state index in [0.29, 0.717) is 12.2 Å². The smallest absolute Gasteiger partial charge is 0.293 e. The van der Waals surface area contributed by atoms with E-state index in [1.54, 1.807) is 35.6 Å². The zero-order chi connectivity index (χ0) is 29.9. The number of fused-ring (bicyclic) bond motifs is 3. The molecule has 3 aliphatic rings. The van der Waals surface area contributed by atoms with Crippen LogP contribution in [0.4, 0.5) is 11.4 Å². The fraction of sp³-hybridized carbons (Fsp3) is 0.375. The lowest BCUT2D eigenvalue weighted by Crippen LogP contribution is -2.39. The summed E-state index contributed by atoms with van der Waals surface area (Å²) >= 11 is 1.62. The molecule has 0 aliphatic heterocycles. The Labute approximate surface area is 253 Å². The number of sulfonamides is 1. The van der Waals surface area contributed by atoms with E-state index in [1.165, 1.54) is 31.4 Å². The number of aromatic nitrogens is 1. The lowest BCUT2D eigenvalue weighted by molar-refractivity contribution is -0.384. The highest BCUT2D eigenvalue weighted by Crippen LogP contribution is 2.60. The molecule has 3 fully saturated rings. The summed E-state index contributed by atoms with van der Waals surface area (Å²) in [7, 11) is -4.36. The summed E-state index contributed by atoms with van der Waals surface area (Å²) in [6.45, 7) is 2.60. The van der Waals surface area contributed by atoms with Gasteiger partial charge >= 0.3 is 0 Å². The van der Waals surface area contributed by atoms with E-state index < -0.39 is 20.9 Å². The first-order valence-electron chi connectivity index (χ1n) is 14.6. The predicted octanol–water partition coefficient (Wildman–Crippen LogP) is 6.93. The summed E-state index contributed by atoms with van der Waals surface area (Å²) in [6, 6.07) is 16.3. The molecule has 0 radical (unpaired) electrons. The lowest BCUT2D eigenvalue weighted by Gasteiger charge is -2.45. The Kier molecular flexibility index (Phi) is 6.77. The van der Waals surface area contributed by atoms with Crippen molar-refractivity contribution in [3.8, 4) is 11.1 Å². The third kappa shape index (κ3) is 5.29. The van der Waals surface area contributed by atoms with Crippen LogP contribution >= 0.6 is 11.3 Å². The summed E-state index contributed by atoms with van der Waals surface area (Å²) in [6.07, 6.45) is 7.31. The topological polar surface area (TPSA) is 131 Å². The molecule has 1 amide bonds. The number of anilines is 1. The van der Waals surface area contributed by atoms with Gasteiger partial charge in [0.15, 0.2) is 0 Å². The maximum atomic E-state index is 13.1. The first-order valence-corrected chi connectivity index (χ1v) is 16.9. The molecule has 1 heterocycles. The van der Waals surface area contributed by atoms with Gasteiger partial charge in [-0.25, -0.2) is 18.1 Å². The molecule has 2 N–H and O–H groups in total. The molecule has 9 nitrogen and oxygen atoms in total. The van der Waals surface area contributed by atoms with Crippen molar-refractivity contribution < 1.29 is 18.1 Å². The highest BCUT2D eigenvalue weighted by atomic mass is 32.2. The maximum absolute atomic E-state index is 13.1. The van der Waals surface area contributed by atoms with Crippen molar-refractivity contribution in [1.82, 2.24) is 9.71 Å². The van der Waals surface area contributed by atoms with Crippen LogP contribution in [0, 0.1) is 40.2 Å². The number of carbonyl (C=O) groups excluding carboxylic acids is 1. The number of thiazole rings is 1. The summed E-state index contributed by atoms with van der Waals surface area (Å²) in [5.74, 6) is 1.56. The van der Waals surface area contributed by atoms with Crippen molar-refractivity contribution in [3.63, 3.8) is 0 Å². The van der Waals surface area contributed by atoms with Crippen LogP contribution in [0.2, 0.25) is 0 Å². The zero-order valence-electron chi connectivity index (χ0n) is 23.7. The largest absolute Gasteiger partial charge is 0.379 e. The molecule has 0 spiro atoms. The molecule has 0 saturated heterocycles.